The van der Waals surface area contributed by atoms with Crippen LogP contribution in [0.3, 0.4) is 0 Å². The van der Waals surface area contributed by atoms with Gasteiger partial charge in [-0.15, -0.1) is 11.3 Å². The summed E-state index contributed by atoms with van der Waals surface area (Å²) in [5, 5.41) is 12.7. The van der Waals surface area contributed by atoms with Gasteiger partial charge in [0.15, 0.2) is 11.6 Å². The van der Waals surface area contributed by atoms with Crippen molar-refractivity contribution in [2.24, 2.45) is 5.92 Å². The lowest BCUT2D eigenvalue weighted by molar-refractivity contribution is -0.160. The Morgan fingerprint density at radius 3 is 2.76 bits per heavy atom. The molecule has 2 aromatic rings. The molecular weight excluding hydrogens is 474 g/mol. The number of halogens is 1. The minimum atomic E-state index is -0.750. The third-order valence-electron chi connectivity index (χ3n) is 6.44. The van der Waals surface area contributed by atoms with Gasteiger partial charge in [-0.2, -0.15) is 0 Å². The molecule has 1 saturated heterocycles. The zero-order chi connectivity index (χ0) is 24.5. The zero-order valence-electron chi connectivity index (χ0n) is 20.1. The first-order chi connectivity index (χ1) is 16.2. The lowest BCUT2D eigenvalue weighted by atomic mass is 10.0. The fraction of sp³-hybridized carbons (Fsp3) is 0.583. The van der Waals surface area contributed by atoms with Crippen molar-refractivity contribution in [1.29, 1.82) is 0 Å². The second kappa shape index (κ2) is 10.3. The second-order valence-corrected chi connectivity index (χ2v) is 10.7. The number of carbonyl (C=O) groups is 1. The summed E-state index contributed by atoms with van der Waals surface area (Å²) in [5.74, 6) is -0.493. The molecule has 5 N–H and O–H groups in total. The highest BCUT2D eigenvalue weighted by atomic mass is 35.5. The summed E-state index contributed by atoms with van der Waals surface area (Å²) >= 11 is 7.96. The van der Waals surface area contributed by atoms with Gasteiger partial charge in [-0.25, -0.2) is 4.98 Å². The number of thiophene rings is 1. The van der Waals surface area contributed by atoms with Gasteiger partial charge < -0.3 is 31.2 Å². The monoisotopic (exact) mass is 507 g/mol. The fourth-order valence-corrected chi connectivity index (χ4v) is 5.98. The van der Waals surface area contributed by atoms with Crippen LogP contribution in [-0.4, -0.2) is 47.5 Å². The van der Waals surface area contributed by atoms with Gasteiger partial charge in [-0.3, -0.25) is 4.79 Å². The predicted octanol–water partition coefficient (Wildman–Crippen LogP) is 4.27. The third kappa shape index (κ3) is 5.27. The molecular formula is C24H34ClN5O3S. The van der Waals surface area contributed by atoms with Crippen molar-refractivity contribution in [3.05, 3.63) is 33.6 Å². The van der Waals surface area contributed by atoms with Gasteiger partial charge in [0.25, 0.3) is 0 Å². The molecule has 2 fully saturated rings. The molecule has 4 rings (SSSR count). The van der Waals surface area contributed by atoms with Crippen LogP contribution in [0.2, 0.25) is 5.02 Å². The van der Waals surface area contributed by atoms with Crippen LogP contribution in [-0.2, 0) is 20.7 Å². The van der Waals surface area contributed by atoms with Crippen molar-refractivity contribution in [2.45, 2.75) is 77.0 Å². The van der Waals surface area contributed by atoms with Gasteiger partial charge in [0.1, 0.15) is 12.2 Å². The van der Waals surface area contributed by atoms with Crippen molar-refractivity contribution in [3.8, 4) is 0 Å². The van der Waals surface area contributed by atoms with Crippen molar-refractivity contribution >= 4 is 46.0 Å². The summed E-state index contributed by atoms with van der Waals surface area (Å²) in [7, 11) is 0. The van der Waals surface area contributed by atoms with Crippen molar-refractivity contribution in [2.75, 3.05) is 22.9 Å². The van der Waals surface area contributed by atoms with E-state index in [4.69, 9.17) is 26.8 Å². The summed E-state index contributed by atoms with van der Waals surface area (Å²) in [4.78, 5) is 18.3. The van der Waals surface area contributed by atoms with Gasteiger partial charge in [0.2, 0.25) is 5.91 Å². The van der Waals surface area contributed by atoms with Gasteiger partial charge in [0.05, 0.1) is 28.4 Å². The number of hydrogen-bond acceptors (Lipinski definition) is 8. The van der Waals surface area contributed by atoms with Crippen molar-refractivity contribution in [1.82, 2.24) is 10.3 Å². The van der Waals surface area contributed by atoms with Crippen LogP contribution in [0.25, 0.3) is 0 Å². The average Bonchev–Trinajstić information content (AvgIpc) is 3.43. The number of fused-ring (bicyclic) bond motifs is 1. The van der Waals surface area contributed by atoms with Crippen LogP contribution in [0.15, 0.2) is 23.7 Å². The maximum atomic E-state index is 12.7. The number of nitrogen functional groups attached to an aromatic ring is 1. The van der Waals surface area contributed by atoms with E-state index in [1.54, 1.807) is 17.5 Å². The van der Waals surface area contributed by atoms with E-state index < -0.39 is 5.79 Å². The van der Waals surface area contributed by atoms with E-state index in [1.165, 1.54) is 0 Å². The molecule has 34 heavy (non-hydrogen) atoms. The van der Waals surface area contributed by atoms with Gasteiger partial charge in [-0.05, 0) is 51.1 Å². The Bertz CT molecular complexity index is 1020. The van der Waals surface area contributed by atoms with Crippen LogP contribution >= 0.6 is 22.9 Å². The van der Waals surface area contributed by atoms with Crippen LogP contribution in [0.5, 0.6) is 0 Å². The molecule has 0 radical (unpaired) electrons. The summed E-state index contributed by atoms with van der Waals surface area (Å²) < 4.78 is 12.3. The highest BCUT2D eigenvalue weighted by Crippen LogP contribution is 2.43. The summed E-state index contributed by atoms with van der Waals surface area (Å²) in [5.41, 5.74) is 7.89. The predicted molar refractivity (Wildman–Crippen MR) is 137 cm³/mol. The Balaban J connectivity index is 1.50. The standard InChI is InChI=1S/C24H34ClN5O3S/c1-5-13(11-18-15(25)8-10-34-18)29-16-7-9-28-22(19(16)26)30-17-12-14(23(31)27-6-2)20-21(17)33-24(3,4)32-20/h7-10,13-14,17,20-21H,5-6,11-12,26H2,1-4H3,(H,27,31)(H2,28,29,30). The molecule has 0 spiro atoms. The second-order valence-electron chi connectivity index (χ2n) is 9.32. The zero-order valence-corrected chi connectivity index (χ0v) is 21.6. The van der Waals surface area contributed by atoms with E-state index in [-0.39, 0.29) is 36.1 Å². The Labute approximate surface area is 209 Å². The molecule has 0 aromatic carbocycles. The quantitative estimate of drug-likeness (QED) is 0.401. The van der Waals surface area contributed by atoms with E-state index in [2.05, 4.69) is 27.9 Å². The number of ether oxygens (including phenoxy) is 2. The Kier molecular flexibility index (Phi) is 7.57. The van der Waals surface area contributed by atoms with Gasteiger partial charge in [0, 0.05) is 30.1 Å². The van der Waals surface area contributed by atoms with Gasteiger partial charge >= 0.3 is 0 Å². The molecule has 5 unspecified atom stereocenters. The Morgan fingerprint density at radius 2 is 2.09 bits per heavy atom. The first-order valence-electron chi connectivity index (χ1n) is 11.8. The SMILES string of the molecule is CCNC(=O)C1CC(Nc2nccc(NC(CC)Cc3sccc3Cl)c2N)C2OC(C)(C)OC12. The first-order valence-corrected chi connectivity index (χ1v) is 13.1. The number of nitrogens with one attached hydrogen (secondary N) is 3. The van der Waals surface area contributed by atoms with Crippen LogP contribution < -0.4 is 21.7 Å². The molecule has 1 aliphatic carbocycles. The maximum Gasteiger partial charge on any atom is 0.225 e. The fourth-order valence-electron chi connectivity index (χ4n) is 4.79. The number of carbonyl (C=O) groups excluding carboxylic acids is 1. The van der Waals surface area contributed by atoms with E-state index >= 15 is 0 Å². The molecule has 2 aliphatic rings. The summed E-state index contributed by atoms with van der Waals surface area (Å²) in [6, 6.07) is 3.83. The lowest BCUT2D eigenvalue weighted by Gasteiger charge is -2.25. The van der Waals surface area contributed by atoms with E-state index in [0.29, 0.717) is 24.5 Å². The number of nitrogens with zero attached hydrogens (tertiary/aromatic N) is 1. The highest BCUT2D eigenvalue weighted by molar-refractivity contribution is 7.10. The van der Waals surface area contributed by atoms with Crippen molar-refractivity contribution in [3.63, 3.8) is 0 Å². The highest BCUT2D eigenvalue weighted by Gasteiger charge is 2.56. The Morgan fingerprint density at radius 1 is 1.32 bits per heavy atom. The van der Waals surface area contributed by atoms with E-state index in [0.717, 1.165) is 28.4 Å². The number of aromatic nitrogens is 1. The van der Waals surface area contributed by atoms with Gasteiger partial charge in [-0.1, -0.05) is 18.5 Å². The first kappa shape index (κ1) is 25.0. The van der Waals surface area contributed by atoms with E-state index in [1.807, 2.05) is 38.3 Å². The largest absolute Gasteiger partial charge is 0.394 e. The molecule has 1 aliphatic heterocycles. The molecule has 3 heterocycles. The topological polar surface area (TPSA) is 111 Å². The minimum absolute atomic E-state index is 0.0162. The summed E-state index contributed by atoms with van der Waals surface area (Å²) in [6.45, 7) is 8.37. The van der Waals surface area contributed by atoms with Crippen LogP contribution in [0.1, 0.15) is 45.4 Å². The van der Waals surface area contributed by atoms with Crippen LogP contribution in [0, 0.1) is 5.92 Å². The average molecular weight is 508 g/mol. The molecule has 8 nitrogen and oxygen atoms in total. The lowest BCUT2D eigenvalue weighted by Crippen LogP contribution is -2.37. The van der Waals surface area contributed by atoms with E-state index in [9.17, 15) is 4.79 Å². The number of anilines is 3. The van der Waals surface area contributed by atoms with Crippen molar-refractivity contribution < 1.29 is 14.3 Å². The molecule has 0 bridgehead atoms. The normalized spacial score (nSPS) is 26.1. The van der Waals surface area contributed by atoms with Crippen LogP contribution in [0.4, 0.5) is 17.2 Å². The molecule has 1 amide bonds. The number of rotatable bonds is 9. The third-order valence-corrected chi connectivity index (χ3v) is 7.85. The molecule has 2 aromatic heterocycles. The number of pyridine rings is 1. The Hall–Kier alpha value is -2.07. The molecule has 5 atom stereocenters. The minimum Gasteiger partial charge on any atom is -0.394 e. The molecule has 10 heteroatoms. The number of amides is 1. The maximum absolute atomic E-state index is 12.7. The summed E-state index contributed by atoms with van der Waals surface area (Å²) in [6.07, 6.45) is 3.45. The number of nitrogens with two attached hydrogens (primary N) is 1. The molecule has 1 saturated carbocycles. The number of hydrogen-bond donors (Lipinski definition) is 4. The molecule has 186 valence electrons. The smallest absolute Gasteiger partial charge is 0.225 e.